The molecule has 2 amide bonds. The Kier molecular flexibility index (Phi) is 5.30. The Balaban J connectivity index is 1.57. The van der Waals surface area contributed by atoms with Gasteiger partial charge in [-0.2, -0.15) is 5.10 Å². The van der Waals surface area contributed by atoms with Crippen molar-refractivity contribution >= 4 is 29.3 Å². The highest BCUT2D eigenvalue weighted by Gasteiger charge is 2.30. The number of methoxy groups -OCH3 is 1. The Bertz CT molecular complexity index is 1090. The smallest absolute Gasteiger partial charge is 0.337 e. The van der Waals surface area contributed by atoms with Gasteiger partial charge in [0.2, 0.25) is 5.91 Å². The molecule has 1 aliphatic carbocycles. The summed E-state index contributed by atoms with van der Waals surface area (Å²) in [5, 5.41) is 9.99. The molecule has 0 atom stereocenters. The number of carbonyl (C=O) groups is 3. The number of hydrogen-bond acceptors (Lipinski definition) is 5. The summed E-state index contributed by atoms with van der Waals surface area (Å²) in [4.78, 5) is 36.5. The standard InChI is InChI=1S/C22H20N4O4/c1-30-22(29)15-9-11-16(12-10-15)23-21(28)18-13-19(24-20(27)14-7-8-14)26(25-18)17-5-3-2-4-6-17/h2-6,9-14H,7-8H2,1H3,(H,23,28)(H,24,27). The van der Waals surface area contributed by atoms with Crippen molar-refractivity contribution < 1.29 is 19.1 Å². The SMILES string of the molecule is COC(=O)c1ccc(NC(=O)c2cc(NC(=O)C3CC3)n(-c3ccccc3)n2)cc1. The van der Waals surface area contributed by atoms with Gasteiger partial charge in [0.05, 0.1) is 18.4 Å². The lowest BCUT2D eigenvalue weighted by Gasteiger charge is -2.08. The Morgan fingerprint density at radius 2 is 1.70 bits per heavy atom. The fraction of sp³-hybridized carbons (Fsp3) is 0.182. The van der Waals surface area contributed by atoms with Crippen LogP contribution >= 0.6 is 0 Å². The van der Waals surface area contributed by atoms with E-state index in [1.807, 2.05) is 30.3 Å². The van der Waals surface area contributed by atoms with Crippen molar-refractivity contribution in [2.24, 2.45) is 5.92 Å². The van der Waals surface area contributed by atoms with Crippen molar-refractivity contribution in [3.05, 3.63) is 71.9 Å². The summed E-state index contributed by atoms with van der Waals surface area (Å²) in [6.45, 7) is 0. The zero-order valence-electron chi connectivity index (χ0n) is 16.3. The van der Waals surface area contributed by atoms with Gasteiger partial charge in [-0.15, -0.1) is 0 Å². The van der Waals surface area contributed by atoms with Crippen molar-refractivity contribution in [3.8, 4) is 5.69 Å². The number of benzene rings is 2. The third-order valence-corrected chi connectivity index (χ3v) is 4.71. The van der Waals surface area contributed by atoms with Crippen LogP contribution in [0.5, 0.6) is 0 Å². The van der Waals surface area contributed by atoms with Gasteiger partial charge in [-0.3, -0.25) is 9.59 Å². The minimum atomic E-state index is -0.453. The number of anilines is 2. The molecule has 30 heavy (non-hydrogen) atoms. The minimum Gasteiger partial charge on any atom is -0.465 e. The van der Waals surface area contributed by atoms with E-state index in [4.69, 9.17) is 0 Å². The maximum absolute atomic E-state index is 12.7. The predicted octanol–water partition coefficient (Wildman–Crippen LogP) is 3.26. The Morgan fingerprint density at radius 1 is 1.00 bits per heavy atom. The van der Waals surface area contributed by atoms with Crippen LogP contribution in [0.4, 0.5) is 11.5 Å². The normalized spacial score (nSPS) is 12.8. The van der Waals surface area contributed by atoms with Crippen LogP contribution < -0.4 is 10.6 Å². The number of rotatable bonds is 6. The molecule has 8 heteroatoms. The first-order chi connectivity index (χ1) is 14.5. The van der Waals surface area contributed by atoms with Crippen molar-refractivity contribution in [2.75, 3.05) is 17.7 Å². The lowest BCUT2D eigenvalue weighted by atomic mass is 10.2. The maximum Gasteiger partial charge on any atom is 0.337 e. The molecule has 0 unspecified atom stereocenters. The number of aromatic nitrogens is 2. The van der Waals surface area contributed by atoms with Gasteiger partial charge in [-0.1, -0.05) is 18.2 Å². The monoisotopic (exact) mass is 404 g/mol. The summed E-state index contributed by atoms with van der Waals surface area (Å²) >= 11 is 0. The fourth-order valence-electron chi connectivity index (χ4n) is 2.92. The van der Waals surface area contributed by atoms with E-state index < -0.39 is 11.9 Å². The number of amides is 2. The van der Waals surface area contributed by atoms with Crippen LogP contribution in [0.25, 0.3) is 5.69 Å². The maximum atomic E-state index is 12.7. The molecule has 4 rings (SSSR count). The Labute approximate surface area is 172 Å². The lowest BCUT2D eigenvalue weighted by Crippen LogP contribution is -2.16. The number of nitrogens with one attached hydrogen (secondary N) is 2. The highest BCUT2D eigenvalue weighted by atomic mass is 16.5. The summed E-state index contributed by atoms with van der Waals surface area (Å²) in [6, 6.07) is 17.1. The summed E-state index contributed by atoms with van der Waals surface area (Å²) in [6.07, 6.45) is 1.75. The summed E-state index contributed by atoms with van der Waals surface area (Å²) in [7, 11) is 1.31. The van der Waals surface area contributed by atoms with E-state index in [1.165, 1.54) is 11.8 Å². The predicted molar refractivity (Wildman–Crippen MR) is 111 cm³/mol. The molecule has 0 bridgehead atoms. The number of ether oxygens (including phenoxy) is 1. The number of esters is 1. The molecule has 1 aromatic heterocycles. The topological polar surface area (TPSA) is 102 Å². The second-order valence-corrected chi connectivity index (χ2v) is 6.95. The van der Waals surface area contributed by atoms with Crippen molar-refractivity contribution in [1.82, 2.24) is 9.78 Å². The van der Waals surface area contributed by atoms with Crippen LogP contribution in [0.3, 0.4) is 0 Å². The van der Waals surface area contributed by atoms with Crippen molar-refractivity contribution in [1.29, 1.82) is 0 Å². The summed E-state index contributed by atoms with van der Waals surface area (Å²) in [5.41, 5.74) is 1.77. The first kappa shape index (κ1) is 19.4. The Morgan fingerprint density at radius 3 is 2.33 bits per heavy atom. The molecule has 2 N–H and O–H groups in total. The Hall–Kier alpha value is -3.94. The van der Waals surface area contributed by atoms with Gasteiger partial charge in [0, 0.05) is 17.7 Å². The molecule has 3 aromatic rings. The number of hydrogen-bond donors (Lipinski definition) is 2. The van der Waals surface area contributed by atoms with Crippen LogP contribution in [0.15, 0.2) is 60.7 Å². The molecule has 1 fully saturated rings. The van der Waals surface area contributed by atoms with Crippen molar-refractivity contribution in [3.63, 3.8) is 0 Å². The molecular weight excluding hydrogens is 384 g/mol. The first-order valence-electron chi connectivity index (χ1n) is 9.51. The van der Waals surface area contributed by atoms with E-state index in [-0.39, 0.29) is 17.5 Å². The minimum absolute atomic E-state index is 0.0229. The molecule has 0 saturated heterocycles. The summed E-state index contributed by atoms with van der Waals surface area (Å²) < 4.78 is 6.20. The number of carbonyl (C=O) groups excluding carboxylic acids is 3. The van der Waals surface area contributed by atoms with E-state index in [0.29, 0.717) is 17.1 Å². The zero-order chi connectivity index (χ0) is 21.1. The highest BCUT2D eigenvalue weighted by Crippen LogP contribution is 2.30. The lowest BCUT2D eigenvalue weighted by molar-refractivity contribution is -0.117. The van der Waals surface area contributed by atoms with Crippen LogP contribution in [-0.4, -0.2) is 34.7 Å². The molecule has 0 aliphatic heterocycles. The summed E-state index contributed by atoms with van der Waals surface area (Å²) in [5.74, 6) is -0.501. The van der Waals surface area contributed by atoms with Gasteiger partial charge in [-0.25, -0.2) is 9.48 Å². The fourth-order valence-corrected chi connectivity index (χ4v) is 2.92. The van der Waals surface area contributed by atoms with E-state index >= 15 is 0 Å². The van der Waals surface area contributed by atoms with Gasteiger partial charge < -0.3 is 15.4 Å². The van der Waals surface area contributed by atoms with Crippen LogP contribution in [0.1, 0.15) is 33.7 Å². The van der Waals surface area contributed by atoms with Crippen LogP contribution in [-0.2, 0) is 9.53 Å². The van der Waals surface area contributed by atoms with Gasteiger partial charge >= 0.3 is 5.97 Å². The highest BCUT2D eigenvalue weighted by molar-refractivity contribution is 6.04. The van der Waals surface area contributed by atoms with E-state index in [0.717, 1.165) is 18.5 Å². The third kappa shape index (κ3) is 4.22. The van der Waals surface area contributed by atoms with Crippen molar-refractivity contribution in [2.45, 2.75) is 12.8 Å². The molecule has 0 radical (unpaired) electrons. The van der Waals surface area contributed by atoms with E-state index in [1.54, 1.807) is 30.3 Å². The van der Waals surface area contributed by atoms with Gasteiger partial charge in [0.25, 0.3) is 5.91 Å². The largest absolute Gasteiger partial charge is 0.465 e. The average molecular weight is 404 g/mol. The van der Waals surface area contributed by atoms with Crippen LogP contribution in [0.2, 0.25) is 0 Å². The van der Waals surface area contributed by atoms with Gasteiger partial charge in [-0.05, 0) is 49.2 Å². The van der Waals surface area contributed by atoms with Crippen LogP contribution in [0, 0.1) is 5.92 Å². The molecule has 8 nitrogen and oxygen atoms in total. The zero-order valence-corrected chi connectivity index (χ0v) is 16.3. The molecule has 1 saturated carbocycles. The first-order valence-corrected chi connectivity index (χ1v) is 9.51. The van der Waals surface area contributed by atoms with Gasteiger partial charge in [0.15, 0.2) is 5.69 Å². The molecule has 1 heterocycles. The third-order valence-electron chi connectivity index (χ3n) is 4.71. The number of nitrogens with zero attached hydrogens (tertiary/aromatic N) is 2. The molecule has 2 aromatic carbocycles. The second kappa shape index (κ2) is 8.20. The molecule has 152 valence electrons. The van der Waals surface area contributed by atoms with E-state index in [2.05, 4.69) is 20.5 Å². The quantitative estimate of drug-likeness (QED) is 0.614. The van der Waals surface area contributed by atoms with E-state index in [9.17, 15) is 14.4 Å². The molecular formula is C22H20N4O4. The molecule has 0 spiro atoms. The van der Waals surface area contributed by atoms with Gasteiger partial charge in [0.1, 0.15) is 5.82 Å². The second-order valence-electron chi connectivity index (χ2n) is 6.95. The molecule has 1 aliphatic rings. The number of para-hydroxylation sites is 1. The average Bonchev–Trinajstić information content (AvgIpc) is 3.55.